The van der Waals surface area contributed by atoms with Crippen molar-refractivity contribution < 1.29 is 24.8 Å². The van der Waals surface area contributed by atoms with Crippen LogP contribution in [0.3, 0.4) is 0 Å². The van der Waals surface area contributed by atoms with E-state index in [1.807, 2.05) is 30.3 Å². The number of ether oxygens (including phenoxy) is 2. The largest absolute Gasteiger partial charge is 0.491 e. The number of rotatable bonds is 7. The molecule has 3 N–H and O–H groups in total. The molecule has 0 spiro atoms. The van der Waals surface area contributed by atoms with E-state index in [4.69, 9.17) is 24.8 Å². The first-order valence-corrected chi connectivity index (χ1v) is 5.86. The molecule has 5 heteroatoms. The second kappa shape index (κ2) is 12.3. The zero-order valence-corrected chi connectivity index (χ0v) is 10.7. The molecule has 0 saturated heterocycles. The Labute approximate surface area is 108 Å². The fraction of sp³-hybridized carbons (Fsp3) is 0.538. The second-order valence-corrected chi connectivity index (χ2v) is 3.53. The van der Waals surface area contributed by atoms with Gasteiger partial charge < -0.3 is 24.8 Å². The monoisotopic (exact) mass is 258 g/mol. The molecule has 0 aliphatic carbocycles. The quantitative estimate of drug-likeness (QED) is 0.618. The fourth-order valence-electron chi connectivity index (χ4n) is 0.902. The minimum Gasteiger partial charge on any atom is -0.491 e. The normalized spacial score (nSPS) is 11.3. The van der Waals surface area contributed by atoms with Crippen molar-refractivity contribution in [3.63, 3.8) is 0 Å². The van der Waals surface area contributed by atoms with Crippen molar-refractivity contribution in [3.05, 3.63) is 30.3 Å². The molecule has 1 unspecified atom stereocenters. The molecule has 0 bridgehead atoms. The number of hydrogen-bond acceptors (Lipinski definition) is 5. The van der Waals surface area contributed by atoms with E-state index < -0.39 is 6.10 Å². The summed E-state index contributed by atoms with van der Waals surface area (Å²) in [6.45, 7) is 2.85. The van der Waals surface area contributed by atoms with E-state index in [9.17, 15) is 0 Å². The van der Waals surface area contributed by atoms with E-state index in [2.05, 4.69) is 0 Å². The highest BCUT2D eigenvalue weighted by Crippen LogP contribution is 2.07. The van der Waals surface area contributed by atoms with Gasteiger partial charge in [0, 0.05) is 0 Å². The Kier molecular flexibility index (Phi) is 11.5. The molecule has 0 radical (unpaired) electrons. The highest BCUT2D eigenvalue weighted by Gasteiger charge is 1.90. The fourth-order valence-corrected chi connectivity index (χ4v) is 0.902. The van der Waals surface area contributed by atoms with Crippen LogP contribution in [0.1, 0.15) is 6.92 Å². The van der Waals surface area contributed by atoms with Crippen LogP contribution in [0.5, 0.6) is 5.75 Å². The Hall–Kier alpha value is -1.14. The van der Waals surface area contributed by atoms with Crippen LogP contribution in [-0.4, -0.2) is 54.5 Å². The van der Waals surface area contributed by atoms with Crippen LogP contribution < -0.4 is 4.74 Å². The standard InChI is InChI=1S/C10H14O3.C3H8O2/c11-6-7-12-8-9-13-10-4-2-1-3-5-10;1-3(5)2-4/h1-5,11H,6-9H2;3-5H,2H2,1H3. The van der Waals surface area contributed by atoms with Gasteiger partial charge in [-0.05, 0) is 19.1 Å². The van der Waals surface area contributed by atoms with Crippen LogP contribution in [0.2, 0.25) is 0 Å². The summed E-state index contributed by atoms with van der Waals surface area (Å²) in [7, 11) is 0. The van der Waals surface area contributed by atoms with Crippen LogP contribution in [0.25, 0.3) is 0 Å². The Balaban J connectivity index is 0.000000494. The van der Waals surface area contributed by atoms with E-state index in [0.717, 1.165) is 5.75 Å². The zero-order valence-electron chi connectivity index (χ0n) is 10.7. The van der Waals surface area contributed by atoms with Gasteiger partial charge in [0.1, 0.15) is 12.4 Å². The third kappa shape index (κ3) is 11.3. The van der Waals surface area contributed by atoms with Crippen molar-refractivity contribution in [3.8, 4) is 5.75 Å². The van der Waals surface area contributed by atoms with Gasteiger partial charge in [-0.25, -0.2) is 0 Å². The maximum Gasteiger partial charge on any atom is 0.119 e. The summed E-state index contributed by atoms with van der Waals surface area (Å²) >= 11 is 0. The van der Waals surface area contributed by atoms with Crippen molar-refractivity contribution in [2.45, 2.75) is 13.0 Å². The second-order valence-electron chi connectivity index (χ2n) is 3.53. The van der Waals surface area contributed by atoms with Crippen LogP contribution in [0.15, 0.2) is 30.3 Å². The molecule has 0 fully saturated rings. The molecule has 0 heterocycles. The molecule has 0 amide bonds. The van der Waals surface area contributed by atoms with Crippen LogP contribution in [0.4, 0.5) is 0 Å². The molecule has 18 heavy (non-hydrogen) atoms. The van der Waals surface area contributed by atoms with Crippen molar-refractivity contribution in [1.82, 2.24) is 0 Å². The third-order valence-corrected chi connectivity index (χ3v) is 1.74. The summed E-state index contributed by atoms with van der Waals surface area (Å²) in [6, 6.07) is 9.57. The van der Waals surface area contributed by atoms with Gasteiger partial charge in [-0.1, -0.05) is 18.2 Å². The maximum atomic E-state index is 8.42. The lowest BCUT2D eigenvalue weighted by Crippen LogP contribution is -2.08. The highest BCUT2D eigenvalue weighted by atomic mass is 16.5. The summed E-state index contributed by atoms with van der Waals surface area (Å²) in [5.41, 5.74) is 0. The molecular formula is C13H22O5. The smallest absolute Gasteiger partial charge is 0.119 e. The molecule has 1 aromatic carbocycles. The maximum absolute atomic E-state index is 8.42. The third-order valence-electron chi connectivity index (χ3n) is 1.74. The first-order chi connectivity index (χ1) is 8.70. The molecular weight excluding hydrogens is 236 g/mol. The summed E-state index contributed by atoms with van der Waals surface area (Å²) in [6.07, 6.45) is -0.560. The molecule has 0 aromatic heterocycles. The first-order valence-electron chi connectivity index (χ1n) is 5.86. The lowest BCUT2D eigenvalue weighted by atomic mass is 10.3. The number of aliphatic hydroxyl groups is 3. The van der Waals surface area contributed by atoms with Gasteiger partial charge >= 0.3 is 0 Å². The molecule has 1 atom stereocenters. The average Bonchev–Trinajstić information content (AvgIpc) is 2.40. The van der Waals surface area contributed by atoms with Crippen molar-refractivity contribution >= 4 is 0 Å². The Morgan fingerprint density at radius 2 is 1.67 bits per heavy atom. The van der Waals surface area contributed by atoms with Crippen molar-refractivity contribution in [2.24, 2.45) is 0 Å². The van der Waals surface area contributed by atoms with E-state index in [1.165, 1.54) is 6.92 Å². The minimum absolute atomic E-state index is 0.0609. The summed E-state index contributed by atoms with van der Waals surface area (Å²) in [4.78, 5) is 0. The van der Waals surface area contributed by atoms with Gasteiger partial charge in [-0.3, -0.25) is 0 Å². The predicted octanol–water partition coefficient (Wildman–Crippen LogP) is 0.434. The Morgan fingerprint density at radius 1 is 1.06 bits per heavy atom. The van der Waals surface area contributed by atoms with Crippen LogP contribution >= 0.6 is 0 Å². The van der Waals surface area contributed by atoms with Gasteiger partial charge in [0.2, 0.25) is 0 Å². The Morgan fingerprint density at radius 3 is 2.17 bits per heavy atom. The highest BCUT2D eigenvalue weighted by molar-refractivity contribution is 5.20. The number of benzene rings is 1. The van der Waals surface area contributed by atoms with E-state index in [1.54, 1.807) is 0 Å². The van der Waals surface area contributed by atoms with E-state index in [0.29, 0.717) is 19.8 Å². The van der Waals surface area contributed by atoms with Gasteiger partial charge in [0.15, 0.2) is 0 Å². The lowest BCUT2D eigenvalue weighted by Gasteiger charge is -2.05. The number of aliphatic hydroxyl groups excluding tert-OH is 3. The lowest BCUT2D eigenvalue weighted by molar-refractivity contribution is 0.0705. The Bertz CT molecular complexity index is 263. The summed E-state index contributed by atoms with van der Waals surface area (Å²) < 4.78 is 10.4. The van der Waals surface area contributed by atoms with Gasteiger partial charge in [0.05, 0.1) is 32.5 Å². The number of para-hydroxylation sites is 1. The van der Waals surface area contributed by atoms with Gasteiger partial charge in [-0.15, -0.1) is 0 Å². The predicted molar refractivity (Wildman–Crippen MR) is 68.6 cm³/mol. The average molecular weight is 258 g/mol. The molecule has 1 rings (SSSR count). The molecule has 1 aromatic rings. The van der Waals surface area contributed by atoms with Crippen molar-refractivity contribution in [2.75, 3.05) is 33.0 Å². The first kappa shape index (κ1) is 16.9. The summed E-state index contributed by atoms with van der Waals surface area (Å²) in [5, 5.41) is 24.4. The molecule has 0 aliphatic rings. The van der Waals surface area contributed by atoms with Crippen molar-refractivity contribution in [1.29, 1.82) is 0 Å². The molecule has 5 nitrogen and oxygen atoms in total. The van der Waals surface area contributed by atoms with Gasteiger partial charge in [-0.2, -0.15) is 0 Å². The zero-order chi connectivity index (χ0) is 13.6. The van der Waals surface area contributed by atoms with E-state index in [-0.39, 0.29) is 13.2 Å². The minimum atomic E-state index is -0.560. The summed E-state index contributed by atoms with van der Waals surface area (Å²) in [5.74, 6) is 0.843. The van der Waals surface area contributed by atoms with E-state index >= 15 is 0 Å². The van der Waals surface area contributed by atoms with Crippen LogP contribution in [-0.2, 0) is 4.74 Å². The molecule has 0 aliphatic heterocycles. The van der Waals surface area contributed by atoms with Crippen LogP contribution in [0, 0.1) is 0 Å². The molecule has 0 saturated carbocycles. The molecule has 104 valence electrons. The SMILES string of the molecule is CC(O)CO.OCCOCCOc1ccccc1. The van der Waals surface area contributed by atoms with Gasteiger partial charge in [0.25, 0.3) is 0 Å². The topological polar surface area (TPSA) is 79.2 Å². The number of hydrogen-bond donors (Lipinski definition) is 3.